The number of benzene rings is 1. The molecule has 0 saturated carbocycles. The average molecular weight is 295 g/mol. The van der Waals surface area contributed by atoms with Crippen LogP contribution in [0.25, 0.3) is 10.8 Å². The van der Waals surface area contributed by atoms with Crippen molar-refractivity contribution in [1.29, 1.82) is 0 Å². The molecule has 2 aromatic rings. The van der Waals surface area contributed by atoms with Crippen molar-refractivity contribution in [3.8, 4) is 0 Å². The smallest absolute Gasteiger partial charge is 0.255 e. The minimum absolute atomic E-state index is 0.0854. The minimum Gasteiger partial charge on any atom is -0.329 e. The number of piperidine rings is 1. The zero-order valence-electron chi connectivity index (χ0n) is 10.4. The van der Waals surface area contributed by atoms with E-state index in [-0.39, 0.29) is 5.56 Å². The van der Waals surface area contributed by atoms with Crippen LogP contribution in [-0.4, -0.2) is 23.3 Å². The summed E-state index contributed by atoms with van der Waals surface area (Å²) >= 11 is 8.13. The summed E-state index contributed by atoms with van der Waals surface area (Å²) in [5.74, 6) is 0. The number of aromatic nitrogens is 1. The van der Waals surface area contributed by atoms with Crippen molar-refractivity contribution in [1.82, 2.24) is 10.3 Å². The van der Waals surface area contributed by atoms with Crippen LogP contribution in [0.15, 0.2) is 34.1 Å². The molecule has 1 aliphatic rings. The third-order valence-electron chi connectivity index (χ3n) is 3.41. The van der Waals surface area contributed by atoms with Crippen molar-refractivity contribution < 1.29 is 0 Å². The van der Waals surface area contributed by atoms with Gasteiger partial charge in [0.1, 0.15) is 0 Å². The summed E-state index contributed by atoms with van der Waals surface area (Å²) < 4.78 is 0. The molecule has 0 aliphatic carbocycles. The number of rotatable bonds is 2. The number of aromatic amines is 1. The molecule has 0 spiro atoms. The lowest BCUT2D eigenvalue weighted by atomic mass is 10.2. The molecule has 1 aromatic heterocycles. The summed E-state index contributed by atoms with van der Waals surface area (Å²) in [5, 5.41) is 6.25. The van der Waals surface area contributed by atoms with E-state index in [1.54, 1.807) is 12.3 Å². The molecule has 5 heteroatoms. The van der Waals surface area contributed by atoms with Crippen LogP contribution in [0.4, 0.5) is 0 Å². The molecule has 1 aromatic carbocycles. The molecule has 1 saturated heterocycles. The number of nitrogens with one attached hydrogen (secondary N) is 2. The molecule has 19 heavy (non-hydrogen) atoms. The molecule has 0 atom stereocenters. The van der Waals surface area contributed by atoms with Gasteiger partial charge in [0.25, 0.3) is 5.56 Å². The van der Waals surface area contributed by atoms with Gasteiger partial charge in [0.2, 0.25) is 0 Å². The largest absolute Gasteiger partial charge is 0.329 e. The number of thioether (sulfide) groups is 1. The molecule has 0 amide bonds. The zero-order chi connectivity index (χ0) is 13.2. The highest BCUT2D eigenvalue weighted by atomic mass is 35.5. The Morgan fingerprint density at radius 3 is 2.84 bits per heavy atom. The molecular weight excluding hydrogens is 280 g/mol. The van der Waals surface area contributed by atoms with Gasteiger partial charge in [-0.05, 0) is 49.5 Å². The Kier molecular flexibility index (Phi) is 3.82. The lowest BCUT2D eigenvalue weighted by Gasteiger charge is -2.22. The van der Waals surface area contributed by atoms with Crippen molar-refractivity contribution in [2.75, 3.05) is 13.1 Å². The van der Waals surface area contributed by atoms with E-state index < -0.39 is 0 Å². The standard InChI is InChI=1S/C14H15ClN2OS/c15-12-8-11-9(1-6-17-14(11)18)7-13(12)19-10-2-4-16-5-3-10/h1,6-8,10,16H,2-5H2,(H,17,18). The SMILES string of the molecule is O=c1[nH]ccc2cc(SC3CCNCC3)c(Cl)cc12. The normalized spacial score (nSPS) is 16.9. The van der Waals surface area contributed by atoms with Crippen LogP contribution >= 0.6 is 23.4 Å². The predicted molar refractivity (Wildman–Crippen MR) is 81.3 cm³/mol. The Bertz CT molecular complexity index is 649. The van der Waals surface area contributed by atoms with Crippen LogP contribution in [0.1, 0.15) is 12.8 Å². The number of fused-ring (bicyclic) bond motifs is 1. The highest BCUT2D eigenvalue weighted by molar-refractivity contribution is 8.00. The third-order valence-corrected chi connectivity index (χ3v) is 5.23. The molecule has 0 radical (unpaired) electrons. The Labute approximate surface area is 120 Å². The van der Waals surface area contributed by atoms with E-state index in [1.807, 2.05) is 23.9 Å². The number of halogens is 1. The summed E-state index contributed by atoms with van der Waals surface area (Å²) in [5.41, 5.74) is -0.0854. The van der Waals surface area contributed by atoms with Crippen molar-refractivity contribution in [2.45, 2.75) is 23.0 Å². The highest BCUT2D eigenvalue weighted by Gasteiger charge is 2.16. The lowest BCUT2D eigenvalue weighted by molar-refractivity contribution is 0.531. The van der Waals surface area contributed by atoms with E-state index in [1.165, 1.54) is 0 Å². The summed E-state index contributed by atoms with van der Waals surface area (Å²) in [6, 6.07) is 5.72. The van der Waals surface area contributed by atoms with Crippen LogP contribution in [0.2, 0.25) is 5.02 Å². The van der Waals surface area contributed by atoms with Gasteiger partial charge in [-0.3, -0.25) is 4.79 Å². The van der Waals surface area contributed by atoms with E-state index >= 15 is 0 Å². The first-order valence-electron chi connectivity index (χ1n) is 6.42. The van der Waals surface area contributed by atoms with Crippen molar-refractivity contribution in [2.24, 2.45) is 0 Å². The molecule has 1 fully saturated rings. The molecule has 0 bridgehead atoms. The van der Waals surface area contributed by atoms with Crippen molar-refractivity contribution >= 4 is 34.1 Å². The van der Waals surface area contributed by atoms with E-state index in [0.29, 0.717) is 15.7 Å². The molecule has 0 unspecified atom stereocenters. The first kappa shape index (κ1) is 13.0. The average Bonchev–Trinajstić information content (AvgIpc) is 2.42. The molecule has 100 valence electrons. The number of hydrogen-bond donors (Lipinski definition) is 2. The first-order valence-corrected chi connectivity index (χ1v) is 7.68. The maximum absolute atomic E-state index is 11.7. The monoisotopic (exact) mass is 294 g/mol. The highest BCUT2D eigenvalue weighted by Crippen LogP contribution is 2.35. The van der Waals surface area contributed by atoms with Gasteiger partial charge in [0.05, 0.1) is 5.02 Å². The molecule has 3 nitrogen and oxygen atoms in total. The van der Waals surface area contributed by atoms with Crippen molar-refractivity contribution in [3.05, 3.63) is 39.8 Å². The minimum atomic E-state index is -0.0854. The number of hydrogen-bond acceptors (Lipinski definition) is 3. The fourth-order valence-electron chi connectivity index (χ4n) is 2.37. The van der Waals surface area contributed by atoms with Gasteiger partial charge in [0, 0.05) is 21.7 Å². The fourth-order valence-corrected chi connectivity index (χ4v) is 3.87. The second kappa shape index (κ2) is 5.57. The van der Waals surface area contributed by atoms with Crippen LogP contribution < -0.4 is 10.9 Å². The quantitative estimate of drug-likeness (QED) is 0.895. The van der Waals surface area contributed by atoms with Gasteiger partial charge >= 0.3 is 0 Å². The molecule has 2 N–H and O–H groups in total. The second-order valence-electron chi connectivity index (χ2n) is 4.74. The van der Waals surface area contributed by atoms with Gasteiger partial charge in [-0.25, -0.2) is 0 Å². The topological polar surface area (TPSA) is 44.9 Å². The number of pyridine rings is 1. The van der Waals surface area contributed by atoms with E-state index in [0.717, 1.165) is 36.2 Å². The second-order valence-corrected chi connectivity index (χ2v) is 6.49. The summed E-state index contributed by atoms with van der Waals surface area (Å²) in [6.07, 6.45) is 4.00. The van der Waals surface area contributed by atoms with Crippen molar-refractivity contribution in [3.63, 3.8) is 0 Å². The fraction of sp³-hybridized carbons (Fsp3) is 0.357. The molecule has 3 rings (SSSR count). The van der Waals surface area contributed by atoms with Crippen LogP contribution in [-0.2, 0) is 0 Å². The van der Waals surface area contributed by atoms with Gasteiger partial charge in [-0.15, -0.1) is 11.8 Å². The molecule has 1 aliphatic heterocycles. The number of H-pyrrole nitrogens is 1. The Balaban J connectivity index is 1.95. The van der Waals surface area contributed by atoms with E-state index in [4.69, 9.17) is 11.6 Å². The predicted octanol–water partition coefficient (Wildman–Crippen LogP) is 3.03. The maximum Gasteiger partial charge on any atom is 0.255 e. The Hall–Kier alpha value is -0.970. The summed E-state index contributed by atoms with van der Waals surface area (Å²) in [6.45, 7) is 2.14. The van der Waals surface area contributed by atoms with Gasteiger partial charge in [-0.1, -0.05) is 11.6 Å². The zero-order valence-corrected chi connectivity index (χ0v) is 12.0. The molecule has 2 heterocycles. The Morgan fingerprint density at radius 2 is 2.05 bits per heavy atom. The van der Waals surface area contributed by atoms with Gasteiger partial charge in [0.15, 0.2) is 0 Å². The van der Waals surface area contributed by atoms with Gasteiger partial charge < -0.3 is 10.3 Å². The lowest BCUT2D eigenvalue weighted by Crippen LogP contribution is -2.29. The third kappa shape index (κ3) is 2.81. The maximum atomic E-state index is 11.7. The van der Waals surface area contributed by atoms with Crippen LogP contribution in [0.3, 0.4) is 0 Å². The molecular formula is C14H15ClN2OS. The van der Waals surface area contributed by atoms with Crippen LogP contribution in [0.5, 0.6) is 0 Å². The summed E-state index contributed by atoms with van der Waals surface area (Å²) in [4.78, 5) is 15.5. The first-order chi connectivity index (χ1) is 9.24. The Morgan fingerprint density at radius 1 is 1.26 bits per heavy atom. The summed E-state index contributed by atoms with van der Waals surface area (Å²) in [7, 11) is 0. The van der Waals surface area contributed by atoms with Crippen LogP contribution in [0, 0.1) is 0 Å². The van der Waals surface area contributed by atoms with E-state index in [2.05, 4.69) is 10.3 Å². The van der Waals surface area contributed by atoms with Gasteiger partial charge in [-0.2, -0.15) is 0 Å². The van der Waals surface area contributed by atoms with E-state index in [9.17, 15) is 4.79 Å².